The molecule has 186 valence electrons. The first kappa shape index (κ1) is 27.1. The number of aliphatic hydroxyl groups is 1. The van der Waals surface area contributed by atoms with Crippen LogP contribution in [-0.4, -0.2) is 42.2 Å². The molecule has 0 aliphatic carbocycles. The van der Waals surface area contributed by atoms with E-state index in [2.05, 4.69) is 22.0 Å². The Labute approximate surface area is 196 Å². The highest BCUT2D eigenvalue weighted by Gasteiger charge is 2.31. The van der Waals surface area contributed by atoms with Crippen LogP contribution in [0.25, 0.3) is 0 Å². The summed E-state index contributed by atoms with van der Waals surface area (Å²) in [6.07, 6.45) is -5.07. The van der Waals surface area contributed by atoms with Gasteiger partial charge < -0.3 is 26.8 Å². The van der Waals surface area contributed by atoms with Gasteiger partial charge in [-0.1, -0.05) is 30.7 Å². The molecule has 0 unspecified atom stereocenters. The number of carbonyl (C=O) groups is 2. The van der Waals surface area contributed by atoms with Gasteiger partial charge >= 0.3 is 6.18 Å². The molecule has 0 heterocycles. The van der Waals surface area contributed by atoms with E-state index in [0.29, 0.717) is 19.0 Å². The molecule has 2 aromatic rings. The summed E-state index contributed by atoms with van der Waals surface area (Å²) in [5.74, 6) is -1.50. The average Bonchev–Trinajstić information content (AvgIpc) is 2.77. The zero-order valence-electron chi connectivity index (χ0n) is 19.4. The third-order valence-corrected chi connectivity index (χ3v) is 5.44. The zero-order chi connectivity index (χ0) is 25.5. The molecular formula is C24H31F3N4O3. The molecule has 2 amide bonds. The van der Waals surface area contributed by atoms with Gasteiger partial charge in [0.15, 0.2) is 0 Å². The average molecular weight is 481 g/mol. The van der Waals surface area contributed by atoms with Crippen LogP contribution in [0, 0.1) is 13.8 Å². The monoisotopic (exact) mass is 480 g/mol. The highest BCUT2D eigenvalue weighted by atomic mass is 19.4. The summed E-state index contributed by atoms with van der Waals surface area (Å²) in [4.78, 5) is 24.7. The van der Waals surface area contributed by atoms with E-state index in [1.54, 1.807) is 6.92 Å². The number of nitrogens with two attached hydrogens (primary N) is 1. The summed E-state index contributed by atoms with van der Waals surface area (Å²) < 4.78 is 38.7. The van der Waals surface area contributed by atoms with Crippen LogP contribution in [-0.2, 0) is 17.5 Å². The highest BCUT2D eigenvalue weighted by molar-refractivity contribution is 6.00. The van der Waals surface area contributed by atoms with Crippen molar-refractivity contribution in [1.29, 1.82) is 0 Å². The molecule has 0 spiro atoms. The second-order valence-electron chi connectivity index (χ2n) is 8.19. The maximum atomic E-state index is 12.9. The van der Waals surface area contributed by atoms with Crippen LogP contribution in [0.5, 0.6) is 0 Å². The Morgan fingerprint density at radius 3 is 2.44 bits per heavy atom. The lowest BCUT2D eigenvalue weighted by Crippen LogP contribution is -2.51. The number of aliphatic hydroxyl groups excluding tert-OH is 1. The Balaban J connectivity index is 1.94. The molecule has 10 heteroatoms. The van der Waals surface area contributed by atoms with E-state index >= 15 is 0 Å². The van der Waals surface area contributed by atoms with Gasteiger partial charge in [0.25, 0.3) is 5.91 Å². The second-order valence-corrected chi connectivity index (χ2v) is 8.19. The van der Waals surface area contributed by atoms with Gasteiger partial charge in [-0.05, 0) is 49.6 Å². The number of nitrogens with one attached hydrogen (secondary N) is 3. The summed E-state index contributed by atoms with van der Waals surface area (Å²) in [6.45, 7) is 6.12. The fraction of sp³-hybridized carbons (Fsp3) is 0.417. The number of benzene rings is 2. The van der Waals surface area contributed by atoms with Crippen molar-refractivity contribution < 1.29 is 27.9 Å². The van der Waals surface area contributed by atoms with Gasteiger partial charge in [0.05, 0.1) is 29.8 Å². The van der Waals surface area contributed by atoms with E-state index < -0.39 is 42.2 Å². The first-order chi connectivity index (χ1) is 15.9. The minimum atomic E-state index is -4.63. The largest absolute Gasteiger partial charge is 0.416 e. The summed E-state index contributed by atoms with van der Waals surface area (Å²) in [6, 6.07) is 7.87. The topological polar surface area (TPSA) is 116 Å². The number of amides is 2. The van der Waals surface area contributed by atoms with Gasteiger partial charge in [-0.3, -0.25) is 9.59 Å². The lowest BCUT2D eigenvalue weighted by atomic mass is 10.1. The zero-order valence-corrected chi connectivity index (χ0v) is 19.4. The van der Waals surface area contributed by atoms with Crippen molar-refractivity contribution in [2.45, 2.75) is 52.1 Å². The quantitative estimate of drug-likeness (QED) is 0.335. The van der Waals surface area contributed by atoms with Crippen LogP contribution < -0.4 is 21.7 Å². The van der Waals surface area contributed by atoms with Gasteiger partial charge in [-0.15, -0.1) is 0 Å². The van der Waals surface area contributed by atoms with Crippen LogP contribution in [0.3, 0.4) is 0 Å². The number of anilines is 1. The van der Waals surface area contributed by atoms with Crippen molar-refractivity contribution in [3.8, 4) is 0 Å². The number of halogens is 3. The number of alkyl halides is 3. The van der Waals surface area contributed by atoms with Gasteiger partial charge in [0.1, 0.15) is 0 Å². The molecule has 0 radical (unpaired) electrons. The molecule has 7 nitrogen and oxygen atoms in total. The summed E-state index contributed by atoms with van der Waals surface area (Å²) in [7, 11) is 0. The minimum absolute atomic E-state index is 0.138. The number of nitrogen functional groups attached to an aromatic ring is 1. The lowest BCUT2D eigenvalue weighted by Gasteiger charge is -2.24. The molecule has 2 atom stereocenters. The Morgan fingerprint density at radius 1 is 1.12 bits per heavy atom. The van der Waals surface area contributed by atoms with E-state index in [4.69, 9.17) is 5.73 Å². The third kappa shape index (κ3) is 7.74. The van der Waals surface area contributed by atoms with E-state index in [-0.39, 0.29) is 17.8 Å². The summed E-state index contributed by atoms with van der Waals surface area (Å²) >= 11 is 0. The van der Waals surface area contributed by atoms with E-state index in [1.165, 1.54) is 0 Å². The first-order valence-electron chi connectivity index (χ1n) is 10.9. The smallest absolute Gasteiger partial charge is 0.398 e. The maximum Gasteiger partial charge on any atom is 0.416 e. The summed E-state index contributed by atoms with van der Waals surface area (Å²) in [5, 5.41) is 18.4. The van der Waals surface area contributed by atoms with Crippen LogP contribution >= 0.6 is 0 Å². The number of aryl methyl sites for hydroxylation is 2. The van der Waals surface area contributed by atoms with Crippen molar-refractivity contribution in [3.05, 3.63) is 64.2 Å². The Kier molecular flexibility index (Phi) is 9.46. The molecule has 2 aromatic carbocycles. The molecule has 0 saturated heterocycles. The normalized spacial score (nSPS) is 13.3. The molecule has 0 saturated carbocycles. The van der Waals surface area contributed by atoms with Crippen molar-refractivity contribution >= 4 is 17.5 Å². The molecule has 2 rings (SSSR count). The fourth-order valence-corrected chi connectivity index (χ4v) is 3.42. The number of hydrogen-bond donors (Lipinski definition) is 5. The van der Waals surface area contributed by atoms with Crippen LogP contribution in [0.1, 0.15) is 46.0 Å². The molecule has 0 aliphatic heterocycles. The third-order valence-electron chi connectivity index (χ3n) is 5.44. The molecule has 0 bridgehead atoms. The van der Waals surface area contributed by atoms with Crippen molar-refractivity contribution in [2.24, 2.45) is 0 Å². The van der Waals surface area contributed by atoms with E-state index in [0.717, 1.165) is 28.8 Å². The van der Waals surface area contributed by atoms with Gasteiger partial charge in [-0.25, -0.2) is 0 Å². The van der Waals surface area contributed by atoms with Crippen LogP contribution in [0.4, 0.5) is 18.9 Å². The fourth-order valence-electron chi connectivity index (χ4n) is 3.42. The highest BCUT2D eigenvalue weighted by Crippen LogP contribution is 2.31. The molecular weight excluding hydrogens is 449 g/mol. The molecule has 0 fully saturated rings. The standard InChI is InChI=1S/C24H31F3N4O3/c1-4-21(32)20(12-29-11-16-6-5-14(2)9-15(16)3)31-22(33)13-30-23(34)18-10-17(24(25,26)27)7-8-19(18)28/h5-10,20-21,29,32H,4,11-13,28H2,1-3H3,(H,30,34)(H,31,33)/t20-,21-/m0/s1. The van der Waals surface area contributed by atoms with Gasteiger partial charge in [-0.2, -0.15) is 13.2 Å². The SMILES string of the molecule is CC[C@H](O)[C@H](CNCc1ccc(C)cc1C)NC(=O)CNC(=O)c1cc(C(F)(F)F)ccc1N. The maximum absolute atomic E-state index is 12.9. The van der Waals surface area contributed by atoms with E-state index in [1.807, 2.05) is 26.0 Å². The van der Waals surface area contributed by atoms with E-state index in [9.17, 15) is 27.9 Å². The molecule has 6 N–H and O–H groups in total. The predicted molar refractivity (Wildman–Crippen MR) is 124 cm³/mol. The minimum Gasteiger partial charge on any atom is -0.398 e. The number of hydrogen-bond acceptors (Lipinski definition) is 5. The van der Waals surface area contributed by atoms with Crippen molar-refractivity contribution in [2.75, 3.05) is 18.8 Å². The Hall–Kier alpha value is -3.11. The predicted octanol–water partition coefficient (Wildman–Crippen LogP) is 2.68. The van der Waals surface area contributed by atoms with Crippen molar-refractivity contribution in [1.82, 2.24) is 16.0 Å². The second kappa shape index (κ2) is 11.8. The molecule has 0 aliphatic rings. The van der Waals surface area contributed by atoms with Gasteiger partial charge in [0.2, 0.25) is 5.91 Å². The van der Waals surface area contributed by atoms with Crippen molar-refractivity contribution in [3.63, 3.8) is 0 Å². The number of rotatable bonds is 10. The lowest BCUT2D eigenvalue weighted by molar-refractivity contribution is -0.137. The Bertz CT molecular complexity index is 1010. The summed E-state index contributed by atoms with van der Waals surface area (Å²) in [5.41, 5.74) is 7.47. The number of carbonyl (C=O) groups excluding carboxylic acids is 2. The molecule has 34 heavy (non-hydrogen) atoms. The molecule has 0 aromatic heterocycles. The first-order valence-corrected chi connectivity index (χ1v) is 10.9. The van der Waals surface area contributed by atoms with Crippen LogP contribution in [0.2, 0.25) is 0 Å². The van der Waals surface area contributed by atoms with Crippen LogP contribution in [0.15, 0.2) is 36.4 Å². The van der Waals surface area contributed by atoms with Gasteiger partial charge in [0, 0.05) is 18.8 Å². The Morgan fingerprint density at radius 2 is 1.82 bits per heavy atom.